The summed E-state index contributed by atoms with van der Waals surface area (Å²) in [7, 11) is 1.42. The molecule has 182 valence electrons. The Kier molecular flexibility index (Phi) is 6.62. The zero-order valence-corrected chi connectivity index (χ0v) is 19.5. The molecule has 11 heteroatoms. The maximum atomic E-state index is 13.2. The van der Waals surface area contributed by atoms with Gasteiger partial charge in [0.25, 0.3) is 0 Å². The number of piperidine rings is 2. The molecule has 1 amide bonds. The number of amides is 1. The highest BCUT2D eigenvalue weighted by Crippen LogP contribution is 2.36. The molecule has 0 radical (unpaired) electrons. The lowest BCUT2D eigenvalue weighted by Crippen LogP contribution is -2.48. The number of fused-ring (bicyclic) bond motifs is 1. The third-order valence-corrected chi connectivity index (χ3v) is 6.76. The second-order valence-electron chi connectivity index (χ2n) is 8.56. The van der Waals surface area contributed by atoms with Crippen LogP contribution in [0.3, 0.4) is 0 Å². The topological polar surface area (TPSA) is 101 Å². The van der Waals surface area contributed by atoms with E-state index in [-0.39, 0.29) is 42.6 Å². The summed E-state index contributed by atoms with van der Waals surface area (Å²) in [5.41, 5.74) is 12.8. The van der Waals surface area contributed by atoms with Crippen molar-refractivity contribution in [2.75, 3.05) is 43.9 Å². The first-order chi connectivity index (χ1) is 16.1. The van der Waals surface area contributed by atoms with Crippen LogP contribution in [-0.2, 0) is 4.79 Å². The molecule has 1 aromatic heterocycles. The fourth-order valence-corrected chi connectivity index (χ4v) is 4.90. The monoisotopic (exact) mass is 494 g/mol. The van der Waals surface area contributed by atoms with Crippen LogP contribution in [0, 0.1) is 5.92 Å². The summed E-state index contributed by atoms with van der Waals surface area (Å²) in [5, 5.41) is 1.45. The highest BCUT2D eigenvalue weighted by atomic mass is 35.5. The number of alkyl halides is 3. The fourth-order valence-electron chi connectivity index (χ4n) is 4.73. The van der Waals surface area contributed by atoms with Gasteiger partial charge in [-0.05, 0) is 37.5 Å². The highest BCUT2D eigenvalue weighted by molar-refractivity contribution is 6.31. The molecule has 0 unspecified atom stereocenters. The van der Waals surface area contributed by atoms with Gasteiger partial charge in [0.15, 0.2) is 0 Å². The van der Waals surface area contributed by atoms with Gasteiger partial charge in [0, 0.05) is 48.6 Å². The number of likely N-dealkylation sites (tertiary alicyclic amines) is 1. The Labute approximate surface area is 200 Å². The number of hydrogen-bond acceptors (Lipinski definition) is 6. The van der Waals surface area contributed by atoms with Crippen LogP contribution < -0.4 is 16.4 Å². The molecule has 4 N–H and O–H groups in total. The molecule has 4 rings (SSSR count). The average molecular weight is 495 g/mol. The first kappa shape index (κ1) is 24.1. The smallest absolute Gasteiger partial charge is 0.396 e. The number of pyridine rings is 1. The summed E-state index contributed by atoms with van der Waals surface area (Å²) < 4.78 is 39.2. The Morgan fingerprint density at radius 1 is 1.24 bits per heavy atom. The maximum absolute atomic E-state index is 13.2. The van der Waals surface area contributed by atoms with Gasteiger partial charge in [-0.3, -0.25) is 14.8 Å². The number of hydrogen-bond donors (Lipinski definition) is 2. The predicted molar refractivity (Wildman–Crippen MR) is 128 cm³/mol. The molecular formula is C23H26ClF3N6O. The van der Waals surface area contributed by atoms with Crippen LogP contribution in [0.15, 0.2) is 40.7 Å². The van der Waals surface area contributed by atoms with E-state index in [2.05, 4.69) is 14.9 Å². The number of nitrogens with zero attached hydrogens (tertiary/aromatic N) is 4. The van der Waals surface area contributed by atoms with E-state index in [1.165, 1.54) is 7.05 Å². The SMILES string of the molecule is CN=C1CN(C(=O)C2CCN(c3c(N)cnc4ccc(Cl)cc34)CC2)CCC1=C(N)C(F)(F)F. The number of rotatable bonds is 2. The van der Waals surface area contributed by atoms with Crippen molar-refractivity contribution in [2.24, 2.45) is 16.6 Å². The number of benzene rings is 1. The molecule has 0 atom stereocenters. The quantitative estimate of drug-likeness (QED) is 0.662. The first-order valence-corrected chi connectivity index (χ1v) is 11.4. The minimum absolute atomic E-state index is 0.0208. The normalized spacial score (nSPS) is 20.8. The minimum atomic E-state index is -4.62. The lowest BCUT2D eigenvalue weighted by molar-refractivity contribution is -0.135. The Morgan fingerprint density at radius 2 is 1.94 bits per heavy atom. The van der Waals surface area contributed by atoms with E-state index >= 15 is 0 Å². The van der Waals surface area contributed by atoms with Gasteiger partial charge < -0.3 is 21.3 Å². The van der Waals surface area contributed by atoms with Crippen molar-refractivity contribution >= 4 is 45.5 Å². The first-order valence-electron chi connectivity index (χ1n) is 11.0. The van der Waals surface area contributed by atoms with Crippen molar-refractivity contribution in [1.29, 1.82) is 0 Å². The molecule has 34 heavy (non-hydrogen) atoms. The molecule has 0 saturated carbocycles. The molecular weight excluding hydrogens is 469 g/mol. The maximum Gasteiger partial charge on any atom is 0.431 e. The third kappa shape index (κ3) is 4.64. The van der Waals surface area contributed by atoms with Gasteiger partial charge >= 0.3 is 6.18 Å². The second-order valence-corrected chi connectivity index (χ2v) is 8.99. The Hall–Kier alpha value is -3.01. The van der Waals surface area contributed by atoms with Gasteiger partial charge in [-0.1, -0.05) is 11.6 Å². The number of aliphatic imine (C=N–C) groups is 1. The number of anilines is 2. The van der Waals surface area contributed by atoms with Crippen LogP contribution in [0.1, 0.15) is 19.3 Å². The van der Waals surface area contributed by atoms with Gasteiger partial charge in [-0.2, -0.15) is 13.2 Å². The van der Waals surface area contributed by atoms with Gasteiger partial charge in [0.1, 0.15) is 5.70 Å². The second kappa shape index (κ2) is 9.32. The van der Waals surface area contributed by atoms with E-state index < -0.39 is 11.9 Å². The minimum Gasteiger partial charge on any atom is -0.396 e. The molecule has 3 heterocycles. The fraction of sp³-hybridized carbons (Fsp3) is 0.435. The van der Waals surface area contributed by atoms with Gasteiger partial charge in [0.2, 0.25) is 5.91 Å². The molecule has 0 spiro atoms. The number of nitrogen functional groups attached to an aromatic ring is 1. The third-order valence-electron chi connectivity index (χ3n) is 6.52. The van der Waals surface area contributed by atoms with E-state index in [1.54, 1.807) is 17.2 Å². The van der Waals surface area contributed by atoms with E-state index in [0.717, 1.165) is 16.6 Å². The number of carbonyl (C=O) groups is 1. The largest absolute Gasteiger partial charge is 0.431 e. The molecule has 1 aromatic carbocycles. The van der Waals surface area contributed by atoms with Crippen molar-refractivity contribution in [2.45, 2.75) is 25.4 Å². The number of aromatic nitrogens is 1. The Balaban J connectivity index is 1.46. The highest BCUT2D eigenvalue weighted by Gasteiger charge is 2.38. The lowest BCUT2D eigenvalue weighted by atomic mass is 9.92. The lowest BCUT2D eigenvalue weighted by Gasteiger charge is -2.38. The van der Waals surface area contributed by atoms with Crippen LogP contribution in [0.4, 0.5) is 24.5 Å². The van der Waals surface area contributed by atoms with E-state index in [1.807, 2.05) is 12.1 Å². The van der Waals surface area contributed by atoms with E-state index in [4.69, 9.17) is 23.1 Å². The van der Waals surface area contributed by atoms with Crippen LogP contribution in [0.2, 0.25) is 5.02 Å². The Morgan fingerprint density at radius 3 is 2.59 bits per heavy atom. The number of carbonyl (C=O) groups excluding carboxylic acids is 1. The van der Waals surface area contributed by atoms with Gasteiger partial charge in [-0.25, -0.2) is 0 Å². The van der Waals surface area contributed by atoms with Crippen LogP contribution in [0.5, 0.6) is 0 Å². The summed E-state index contributed by atoms with van der Waals surface area (Å²) in [6.45, 7) is 1.44. The summed E-state index contributed by atoms with van der Waals surface area (Å²) in [6, 6.07) is 5.45. The summed E-state index contributed by atoms with van der Waals surface area (Å²) in [4.78, 5) is 25.3. The van der Waals surface area contributed by atoms with Crippen molar-refractivity contribution in [3.8, 4) is 0 Å². The molecule has 7 nitrogen and oxygen atoms in total. The summed E-state index contributed by atoms with van der Waals surface area (Å²) >= 11 is 6.19. The van der Waals surface area contributed by atoms with Crippen LogP contribution >= 0.6 is 11.6 Å². The van der Waals surface area contributed by atoms with Crippen molar-refractivity contribution < 1.29 is 18.0 Å². The zero-order chi connectivity index (χ0) is 24.6. The molecule has 2 aliphatic heterocycles. The van der Waals surface area contributed by atoms with E-state index in [9.17, 15) is 18.0 Å². The van der Waals surface area contributed by atoms with Crippen molar-refractivity contribution in [1.82, 2.24) is 9.88 Å². The summed E-state index contributed by atoms with van der Waals surface area (Å²) in [5.74, 6) is -0.293. The Bertz CT molecular complexity index is 1170. The van der Waals surface area contributed by atoms with Crippen LogP contribution in [0.25, 0.3) is 10.9 Å². The standard InChI is InChI=1S/C23H26ClF3N6O/c1-30-19-12-33(9-6-15(19)21(29)23(25,26)27)22(34)13-4-7-32(8-5-13)20-16-10-14(24)2-3-18(16)31-11-17(20)28/h2-3,10-11,13H,4-9,12,28-29H2,1H3. The van der Waals surface area contributed by atoms with Gasteiger partial charge in [-0.15, -0.1) is 0 Å². The average Bonchev–Trinajstić information content (AvgIpc) is 2.82. The van der Waals surface area contributed by atoms with E-state index in [0.29, 0.717) is 36.6 Å². The van der Waals surface area contributed by atoms with Crippen LogP contribution in [-0.4, -0.2) is 60.9 Å². The van der Waals surface area contributed by atoms with Crippen molar-refractivity contribution in [3.63, 3.8) is 0 Å². The summed E-state index contributed by atoms with van der Waals surface area (Å²) in [6.07, 6.45) is -1.76. The zero-order valence-electron chi connectivity index (χ0n) is 18.7. The predicted octanol–water partition coefficient (Wildman–Crippen LogP) is 3.77. The number of nitrogens with two attached hydrogens (primary N) is 2. The molecule has 0 bridgehead atoms. The molecule has 2 aromatic rings. The van der Waals surface area contributed by atoms with Crippen molar-refractivity contribution in [3.05, 3.63) is 40.7 Å². The molecule has 0 aliphatic carbocycles. The molecule has 2 aliphatic rings. The number of allylic oxidation sites excluding steroid dienone is 1. The molecule has 2 fully saturated rings. The number of halogens is 4. The molecule has 2 saturated heterocycles. The van der Waals surface area contributed by atoms with Gasteiger partial charge in [0.05, 0.1) is 35.3 Å².